The first-order chi connectivity index (χ1) is 9.10. The molecule has 0 amide bonds. The minimum absolute atomic E-state index is 0.484. The van der Waals surface area contributed by atoms with Gasteiger partial charge >= 0.3 is 0 Å². The summed E-state index contributed by atoms with van der Waals surface area (Å²) >= 11 is 6.10. The first-order valence-electron chi connectivity index (χ1n) is 6.07. The molecular formula is C14H16ClN3O. The second-order valence-corrected chi connectivity index (χ2v) is 4.67. The first-order valence-corrected chi connectivity index (χ1v) is 6.45. The molecule has 1 heterocycles. The van der Waals surface area contributed by atoms with Crippen LogP contribution in [-0.4, -0.2) is 23.6 Å². The molecule has 0 bridgehead atoms. The normalized spacial score (nSPS) is 10.3. The third-order valence-corrected chi connectivity index (χ3v) is 3.11. The number of benzene rings is 1. The number of rotatable bonds is 4. The number of halogens is 1. The summed E-state index contributed by atoms with van der Waals surface area (Å²) in [5.41, 5.74) is 1.08. The highest BCUT2D eigenvalue weighted by molar-refractivity contribution is 6.32. The predicted octanol–water partition coefficient (Wildman–Crippen LogP) is 3.69. The summed E-state index contributed by atoms with van der Waals surface area (Å²) in [4.78, 5) is 10.3. The lowest BCUT2D eigenvalue weighted by molar-refractivity contribution is 0.461. The average molecular weight is 278 g/mol. The van der Waals surface area contributed by atoms with Crippen molar-refractivity contribution in [3.8, 4) is 11.6 Å². The monoisotopic (exact) mass is 277 g/mol. The van der Waals surface area contributed by atoms with E-state index in [1.807, 2.05) is 37.1 Å². The molecule has 1 aromatic carbocycles. The fraction of sp³-hybridized carbons (Fsp3) is 0.286. The van der Waals surface area contributed by atoms with Crippen LogP contribution in [0.4, 0.5) is 5.82 Å². The Morgan fingerprint density at radius 1 is 1.26 bits per heavy atom. The topological polar surface area (TPSA) is 38.2 Å². The first kappa shape index (κ1) is 13.6. The number of hydrogen-bond acceptors (Lipinski definition) is 4. The molecule has 0 radical (unpaired) electrons. The largest absolute Gasteiger partial charge is 0.437 e. The lowest BCUT2D eigenvalue weighted by Gasteiger charge is -2.15. The number of aryl methyl sites for hydroxylation is 1. The number of hydrogen-bond donors (Lipinski definition) is 0. The molecule has 100 valence electrons. The van der Waals surface area contributed by atoms with Gasteiger partial charge in [-0.3, -0.25) is 0 Å². The lowest BCUT2D eigenvalue weighted by Crippen LogP contribution is -2.17. The van der Waals surface area contributed by atoms with Crippen LogP contribution < -0.4 is 9.64 Å². The molecule has 0 aliphatic carbocycles. The Morgan fingerprint density at radius 3 is 2.79 bits per heavy atom. The maximum atomic E-state index is 6.10. The molecule has 5 heteroatoms. The van der Waals surface area contributed by atoms with E-state index in [1.165, 1.54) is 6.33 Å². The van der Waals surface area contributed by atoms with Gasteiger partial charge < -0.3 is 9.64 Å². The van der Waals surface area contributed by atoms with E-state index in [9.17, 15) is 0 Å². The van der Waals surface area contributed by atoms with Gasteiger partial charge in [0.1, 0.15) is 17.9 Å². The van der Waals surface area contributed by atoms with Crippen LogP contribution in [0.25, 0.3) is 0 Å². The smallest absolute Gasteiger partial charge is 0.224 e. The minimum atomic E-state index is 0.484. The molecule has 0 spiro atoms. The zero-order valence-corrected chi connectivity index (χ0v) is 12.0. The Kier molecular flexibility index (Phi) is 4.22. The fourth-order valence-electron chi connectivity index (χ4n) is 1.56. The summed E-state index contributed by atoms with van der Waals surface area (Å²) in [6, 6.07) is 7.42. The second-order valence-electron chi connectivity index (χ2n) is 4.26. The molecule has 0 saturated heterocycles. The Labute approximate surface area is 118 Å². The second kappa shape index (κ2) is 5.89. The van der Waals surface area contributed by atoms with Crippen LogP contribution in [0.5, 0.6) is 11.6 Å². The summed E-state index contributed by atoms with van der Waals surface area (Å²) in [6.07, 6.45) is 1.49. The molecule has 4 nitrogen and oxygen atoms in total. The van der Waals surface area contributed by atoms with Crippen LogP contribution >= 0.6 is 11.6 Å². The van der Waals surface area contributed by atoms with Gasteiger partial charge in [-0.15, -0.1) is 0 Å². The van der Waals surface area contributed by atoms with E-state index in [0.29, 0.717) is 16.7 Å². The van der Waals surface area contributed by atoms with E-state index in [1.54, 1.807) is 6.07 Å². The Balaban J connectivity index is 2.26. The minimum Gasteiger partial charge on any atom is -0.437 e. The highest BCUT2D eigenvalue weighted by atomic mass is 35.5. The number of ether oxygens (including phenoxy) is 1. The molecule has 19 heavy (non-hydrogen) atoms. The summed E-state index contributed by atoms with van der Waals surface area (Å²) in [7, 11) is 1.96. The van der Waals surface area contributed by atoms with Crippen LogP contribution in [-0.2, 0) is 0 Å². The zero-order chi connectivity index (χ0) is 13.8. The molecule has 0 atom stereocenters. The van der Waals surface area contributed by atoms with Gasteiger partial charge in [-0.1, -0.05) is 17.7 Å². The van der Waals surface area contributed by atoms with E-state index < -0.39 is 0 Å². The molecule has 1 aromatic heterocycles. The predicted molar refractivity (Wildman–Crippen MR) is 77.2 cm³/mol. The number of anilines is 1. The molecule has 0 N–H and O–H groups in total. The van der Waals surface area contributed by atoms with Crippen LogP contribution in [0.3, 0.4) is 0 Å². The molecule has 2 aromatic rings. The Morgan fingerprint density at radius 2 is 2.05 bits per heavy atom. The van der Waals surface area contributed by atoms with Crippen molar-refractivity contribution in [2.24, 2.45) is 0 Å². The Bertz CT molecular complexity index is 574. The maximum absolute atomic E-state index is 6.10. The molecule has 2 rings (SSSR count). The van der Waals surface area contributed by atoms with Crippen molar-refractivity contribution < 1.29 is 4.74 Å². The highest BCUT2D eigenvalue weighted by Gasteiger charge is 2.07. The number of aromatic nitrogens is 2. The van der Waals surface area contributed by atoms with Crippen LogP contribution in [0.1, 0.15) is 12.5 Å². The molecule has 0 aliphatic rings. The van der Waals surface area contributed by atoms with Crippen LogP contribution in [0.2, 0.25) is 5.02 Å². The van der Waals surface area contributed by atoms with Gasteiger partial charge in [0.05, 0.1) is 5.02 Å². The molecule has 0 fully saturated rings. The molecular weight excluding hydrogens is 262 g/mol. The molecule has 0 unspecified atom stereocenters. The summed E-state index contributed by atoms with van der Waals surface area (Å²) in [5, 5.41) is 0.564. The van der Waals surface area contributed by atoms with E-state index in [4.69, 9.17) is 16.3 Å². The van der Waals surface area contributed by atoms with Gasteiger partial charge in [0, 0.05) is 19.7 Å². The van der Waals surface area contributed by atoms with E-state index in [-0.39, 0.29) is 0 Å². The SMILES string of the molecule is CCN(C)c1cc(Oc2cc(C)ccc2Cl)ncn1. The summed E-state index contributed by atoms with van der Waals surface area (Å²) < 4.78 is 5.72. The van der Waals surface area contributed by atoms with Gasteiger partial charge in [0.2, 0.25) is 5.88 Å². The summed E-state index contributed by atoms with van der Waals surface area (Å²) in [5.74, 6) is 1.90. The zero-order valence-electron chi connectivity index (χ0n) is 11.2. The number of nitrogens with zero attached hydrogens (tertiary/aromatic N) is 3. The third kappa shape index (κ3) is 3.35. The fourth-order valence-corrected chi connectivity index (χ4v) is 1.71. The van der Waals surface area contributed by atoms with Gasteiger partial charge in [0.25, 0.3) is 0 Å². The van der Waals surface area contributed by atoms with Crippen molar-refractivity contribution in [3.05, 3.63) is 41.2 Å². The summed E-state index contributed by atoms with van der Waals surface area (Å²) in [6.45, 7) is 4.90. The van der Waals surface area contributed by atoms with E-state index in [2.05, 4.69) is 16.9 Å². The van der Waals surface area contributed by atoms with Crippen molar-refractivity contribution in [2.75, 3.05) is 18.5 Å². The van der Waals surface area contributed by atoms with Crippen LogP contribution in [0.15, 0.2) is 30.6 Å². The van der Waals surface area contributed by atoms with Gasteiger partial charge in [0.15, 0.2) is 0 Å². The molecule has 0 aliphatic heterocycles. The highest BCUT2D eigenvalue weighted by Crippen LogP contribution is 2.29. The molecule has 0 saturated carbocycles. The van der Waals surface area contributed by atoms with Gasteiger partial charge in [-0.2, -0.15) is 0 Å². The van der Waals surface area contributed by atoms with Gasteiger partial charge in [-0.05, 0) is 31.5 Å². The van der Waals surface area contributed by atoms with Gasteiger partial charge in [-0.25, -0.2) is 9.97 Å². The standard InChI is InChI=1S/C14H16ClN3O/c1-4-18(3)13-8-14(17-9-16-13)19-12-7-10(2)5-6-11(12)15/h5-9H,4H2,1-3H3. The third-order valence-electron chi connectivity index (χ3n) is 2.79. The average Bonchev–Trinajstić information content (AvgIpc) is 2.42. The lowest BCUT2D eigenvalue weighted by atomic mass is 10.2. The van der Waals surface area contributed by atoms with Crippen molar-refractivity contribution in [2.45, 2.75) is 13.8 Å². The van der Waals surface area contributed by atoms with Crippen molar-refractivity contribution >= 4 is 17.4 Å². The maximum Gasteiger partial charge on any atom is 0.224 e. The van der Waals surface area contributed by atoms with Crippen molar-refractivity contribution in [1.82, 2.24) is 9.97 Å². The van der Waals surface area contributed by atoms with Crippen molar-refractivity contribution in [1.29, 1.82) is 0 Å². The quantitative estimate of drug-likeness (QED) is 0.854. The van der Waals surface area contributed by atoms with Crippen molar-refractivity contribution in [3.63, 3.8) is 0 Å². The van der Waals surface area contributed by atoms with E-state index in [0.717, 1.165) is 17.9 Å². The van der Waals surface area contributed by atoms with Crippen LogP contribution in [0, 0.1) is 6.92 Å². The van der Waals surface area contributed by atoms with E-state index >= 15 is 0 Å². The Hall–Kier alpha value is -1.81.